The van der Waals surface area contributed by atoms with Crippen LogP contribution in [-0.2, 0) is 21.4 Å². The number of hydrogen-bond donors (Lipinski definition) is 1. The lowest BCUT2D eigenvalue weighted by atomic mass is 9.88. The number of rotatable bonds is 6. The number of carbonyl (C=O) groups is 2. The monoisotopic (exact) mass is 404 g/mol. The van der Waals surface area contributed by atoms with E-state index in [2.05, 4.69) is 15.5 Å². The Balaban J connectivity index is 1.34. The molecule has 1 aliphatic carbocycles. The zero-order chi connectivity index (χ0) is 20.9. The fourth-order valence-corrected chi connectivity index (χ4v) is 4.17. The number of piperidine rings is 1. The molecule has 2 aliphatic rings. The Morgan fingerprint density at radius 2 is 1.79 bits per heavy atom. The van der Waals surface area contributed by atoms with Crippen LogP contribution in [0.15, 0.2) is 4.52 Å². The molecule has 1 saturated heterocycles. The van der Waals surface area contributed by atoms with Crippen molar-refractivity contribution in [2.24, 2.45) is 5.92 Å². The second-order valence-corrected chi connectivity index (χ2v) is 9.61. The Morgan fingerprint density at radius 1 is 1.10 bits per heavy atom. The van der Waals surface area contributed by atoms with E-state index in [1.165, 1.54) is 19.3 Å². The van der Waals surface area contributed by atoms with Gasteiger partial charge in [-0.05, 0) is 32.1 Å². The number of aryl methyl sites for hydroxylation is 1. The van der Waals surface area contributed by atoms with Gasteiger partial charge < -0.3 is 14.7 Å². The zero-order valence-corrected chi connectivity index (χ0v) is 18.2. The maximum atomic E-state index is 12.5. The molecule has 7 heteroatoms. The average Bonchev–Trinajstić information content (AvgIpc) is 3.18. The largest absolute Gasteiger partial charge is 0.353 e. The van der Waals surface area contributed by atoms with Crippen molar-refractivity contribution in [2.45, 2.75) is 96.4 Å². The van der Waals surface area contributed by atoms with Crippen LogP contribution in [0.5, 0.6) is 0 Å². The predicted octanol–water partition coefficient (Wildman–Crippen LogP) is 3.38. The van der Waals surface area contributed by atoms with Crippen LogP contribution < -0.4 is 5.32 Å². The van der Waals surface area contributed by atoms with Gasteiger partial charge in [0.15, 0.2) is 5.82 Å². The average molecular weight is 405 g/mol. The Morgan fingerprint density at radius 3 is 2.41 bits per heavy atom. The minimum Gasteiger partial charge on any atom is -0.353 e. The highest BCUT2D eigenvalue weighted by Gasteiger charge is 2.27. The third-order valence-corrected chi connectivity index (χ3v) is 6.09. The first kappa shape index (κ1) is 21.8. The van der Waals surface area contributed by atoms with E-state index in [1.807, 2.05) is 25.7 Å². The molecule has 7 nitrogen and oxygen atoms in total. The highest BCUT2D eigenvalue weighted by atomic mass is 16.5. The van der Waals surface area contributed by atoms with Crippen molar-refractivity contribution < 1.29 is 14.1 Å². The summed E-state index contributed by atoms with van der Waals surface area (Å²) in [6.45, 7) is 7.59. The summed E-state index contributed by atoms with van der Waals surface area (Å²) >= 11 is 0. The minimum absolute atomic E-state index is 0.131. The Labute approximate surface area is 174 Å². The van der Waals surface area contributed by atoms with Crippen molar-refractivity contribution in [1.29, 1.82) is 0 Å². The van der Waals surface area contributed by atoms with Crippen molar-refractivity contribution in [3.63, 3.8) is 0 Å². The third-order valence-electron chi connectivity index (χ3n) is 6.09. The van der Waals surface area contributed by atoms with Gasteiger partial charge in [0, 0.05) is 43.3 Å². The van der Waals surface area contributed by atoms with Crippen molar-refractivity contribution in [3.8, 4) is 0 Å². The molecule has 0 bridgehead atoms. The first-order chi connectivity index (χ1) is 13.8. The van der Waals surface area contributed by atoms with Crippen LogP contribution in [0.3, 0.4) is 0 Å². The number of amides is 2. The number of nitrogens with zero attached hydrogens (tertiary/aromatic N) is 3. The summed E-state index contributed by atoms with van der Waals surface area (Å²) in [4.78, 5) is 31.3. The van der Waals surface area contributed by atoms with E-state index in [-0.39, 0.29) is 29.2 Å². The van der Waals surface area contributed by atoms with Gasteiger partial charge in [-0.3, -0.25) is 9.59 Å². The quantitative estimate of drug-likeness (QED) is 0.785. The molecular weight excluding hydrogens is 368 g/mol. The van der Waals surface area contributed by atoms with E-state index in [4.69, 9.17) is 4.52 Å². The number of aromatic nitrogens is 2. The van der Waals surface area contributed by atoms with Gasteiger partial charge in [0.25, 0.3) is 0 Å². The van der Waals surface area contributed by atoms with Crippen molar-refractivity contribution in [1.82, 2.24) is 20.4 Å². The van der Waals surface area contributed by atoms with Crippen LogP contribution >= 0.6 is 0 Å². The van der Waals surface area contributed by atoms with Gasteiger partial charge >= 0.3 is 0 Å². The number of likely N-dealkylation sites (tertiary alicyclic amines) is 1. The fourth-order valence-electron chi connectivity index (χ4n) is 4.17. The molecule has 1 N–H and O–H groups in total. The smallest absolute Gasteiger partial charge is 0.226 e. The van der Waals surface area contributed by atoms with Crippen LogP contribution in [0, 0.1) is 5.92 Å². The lowest BCUT2D eigenvalue weighted by Gasteiger charge is -2.33. The molecule has 2 amide bonds. The van der Waals surface area contributed by atoms with Gasteiger partial charge in [-0.1, -0.05) is 45.2 Å². The van der Waals surface area contributed by atoms with Crippen LogP contribution in [0.2, 0.25) is 0 Å². The summed E-state index contributed by atoms with van der Waals surface area (Å²) in [5.41, 5.74) is -0.131. The summed E-state index contributed by atoms with van der Waals surface area (Å²) in [6.07, 6.45) is 9.19. The van der Waals surface area contributed by atoms with Gasteiger partial charge in [-0.2, -0.15) is 4.98 Å². The highest BCUT2D eigenvalue weighted by molar-refractivity contribution is 5.79. The second kappa shape index (κ2) is 9.72. The lowest BCUT2D eigenvalue weighted by molar-refractivity contribution is -0.132. The fraction of sp³-hybridized carbons (Fsp3) is 0.818. The molecular formula is C22H36N4O3. The van der Waals surface area contributed by atoms with E-state index in [0.717, 1.165) is 38.8 Å². The summed E-state index contributed by atoms with van der Waals surface area (Å²) < 4.78 is 5.29. The van der Waals surface area contributed by atoms with Gasteiger partial charge in [0.1, 0.15) is 0 Å². The molecule has 1 aromatic rings. The maximum absolute atomic E-state index is 12.5. The van der Waals surface area contributed by atoms with Gasteiger partial charge in [-0.15, -0.1) is 0 Å². The number of carbonyl (C=O) groups excluding carboxylic acids is 2. The predicted molar refractivity (Wildman–Crippen MR) is 110 cm³/mol. The van der Waals surface area contributed by atoms with Gasteiger partial charge in [0.2, 0.25) is 17.7 Å². The van der Waals surface area contributed by atoms with Crippen LogP contribution in [0.25, 0.3) is 0 Å². The topological polar surface area (TPSA) is 88.3 Å². The standard InChI is InChI=1S/C22H36N4O3/c1-22(2,3)21-24-18(29-25-21)10-7-11-19(27)26-14-12-17(13-15-26)23-20(28)16-8-5-4-6-9-16/h16-17H,4-15H2,1-3H3,(H,23,28). The molecule has 0 aromatic carbocycles. The van der Waals surface area contributed by atoms with Crippen LogP contribution in [-0.4, -0.2) is 46.0 Å². The molecule has 29 heavy (non-hydrogen) atoms. The first-order valence-electron chi connectivity index (χ1n) is 11.2. The third kappa shape index (κ3) is 6.28. The molecule has 1 saturated carbocycles. The van der Waals surface area contributed by atoms with Gasteiger partial charge in [0.05, 0.1) is 0 Å². The van der Waals surface area contributed by atoms with E-state index in [1.54, 1.807) is 0 Å². The molecule has 1 aromatic heterocycles. The van der Waals surface area contributed by atoms with Gasteiger partial charge in [-0.25, -0.2) is 0 Å². The highest BCUT2D eigenvalue weighted by Crippen LogP contribution is 2.24. The Kier molecular flexibility index (Phi) is 7.30. The minimum atomic E-state index is -0.131. The molecule has 162 valence electrons. The van der Waals surface area contributed by atoms with E-state index < -0.39 is 0 Å². The SMILES string of the molecule is CC(C)(C)c1noc(CCCC(=O)N2CCC(NC(=O)C3CCCCC3)CC2)n1. The molecule has 0 spiro atoms. The van der Waals surface area contributed by atoms with Crippen molar-refractivity contribution >= 4 is 11.8 Å². The van der Waals surface area contributed by atoms with E-state index in [9.17, 15) is 9.59 Å². The second-order valence-electron chi connectivity index (χ2n) is 9.61. The van der Waals surface area contributed by atoms with Crippen molar-refractivity contribution in [3.05, 3.63) is 11.7 Å². The molecule has 1 aliphatic heterocycles. The Bertz CT molecular complexity index is 680. The maximum Gasteiger partial charge on any atom is 0.226 e. The number of nitrogens with one attached hydrogen (secondary N) is 1. The van der Waals surface area contributed by atoms with E-state index in [0.29, 0.717) is 31.0 Å². The van der Waals surface area contributed by atoms with Crippen LogP contribution in [0.1, 0.15) is 90.3 Å². The van der Waals surface area contributed by atoms with E-state index >= 15 is 0 Å². The molecule has 2 fully saturated rings. The molecule has 2 heterocycles. The summed E-state index contributed by atoms with van der Waals surface area (Å²) in [5, 5.41) is 7.25. The van der Waals surface area contributed by atoms with Crippen LogP contribution in [0.4, 0.5) is 0 Å². The summed E-state index contributed by atoms with van der Waals surface area (Å²) in [6, 6.07) is 0.211. The number of hydrogen-bond acceptors (Lipinski definition) is 5. The lowest BCUT2D eigenvalue weighted by Crippen LogP contribution is -2.48. The zero-order valence-electron chi connectivity index (χ0n) is 18.2. The summed E-state index contributed by atoms with van der Waals surface area (Å²) in [7, 11) is 0. The summed E-state index contributed by atoms with van der Waals surface area (Å²) in [5.74, 6) is 1.91. The first-order valence-corrected chi connectivity index (χ1v) is 11.2. The molecule has 0 atom stereocenters. The van der Waals surface area contributed by atoms with Crippen molar-refractivity contribution in [2.75, 3.05) is 13.1 Å². The molecule has 0 radical (unpaired) electrons. The molecule has 0 unspecified atom stereocenters. The molecule has 3 rings (SSSR count). The Hall–Kier alpha value is -1.92. The normalized spacial score (nSPS) is 19.3.